The van der Waals surface area contributed by atoms with Gasteiger partial charge >= 0.3 is 5.97 Å². The van der Waals surface area contributed by atoms with Crippen LogP contribution in [-0.2, 0) is 27.3 Å². The molecular formula is C27H32BrN3O6S. The number of carboxylic acids is 1. The molecular weight excluding hydrogens is 574 g/mol. The van der Waals surface area contributed by atoms with Crippen molar-refractivity contribution in [3.8, 4) is 5.75 Å². The van der Waals surface area contributed by atoms with Crippen LogP contribution in [0.4, 0.5) is 0 Å². The minimum atomic E-state index is -1.14. The fourth-order valence-corrected chi connectivity index (χ4v) is 5.18. The van der Waals surface area contributed by atoms with Gasteiger partial charge in [-0.05, 0) is 53.7 Å². The van der Waals surface area contributed by atoms with Gasteiger partial charge < -0.3 is 25.7 Å². The highest BCUT2D eigenvalue weighted by atomic mass is 79.9. The Morgan fingerprint density at radius 2 is 1.79 bits per heavy atom. The average Bonchev–Trinajstić information content (AvgIpc) is 2.89. The van der Waals surface area contributed by atoms with Crippen LogP contribution in [0.3, 0.4) is 0 Å². The van der Waals surface area contributed by atoms with Gasteiger partial charge in [0, 0.05) is 17.4 Å². The SMILES string of the molecule is CSCC[C@H](NC(=O)[C@@H]1Cc2ccccc2CN1C(=O)[C@@H](NC(=O)c1cc(Br)ccc1O)C(C)C)C(=O)O. The fourth-order valence-electron chi connectivity index (χ4n) is 4.35. The number of aromatic hydroxyl groups is 1. The van der Waals surface area contributed by atoms with E-state index in [1.54, 1.807) is 19.9 Å². The summed E-state index contributed by atoms with van der Waals surface area (Å²) < 4.78 is 0.590. The summed E-state index contributed by atoms with van der Waals surface area (Å²) in [4.78, 5) is 53.6. The summed E-state index contributed by atoms with van der Waals surface area (Å²) >= 11 is 4.76. The van der Waals surface area contributed by atoms with Gasteiger partial charge in [-0.1, -0.05) is 54.0 Å². The zero-order chi connectivity index (χ0) is 28.0. The maximum Gasteiger partial charge on any atom is 0.326 e. The van der Waals surface area contributed by atoms with Crippen LogP contribution in [0, 0.1) is 5.92 Å². The van der Waals surface area contributed by atoms with E-state index in [1.165, 1.54) is 28.8 Å². The zero-order valence-corrected chi connectivity index (χ0v) is 23.8. The number of hydrogen-bond acceptors (Lipinski definition) is 6. The van der Waals surface area contributed by atoms with E-state index < -0.39 is 41.8 Å². The van der Waals surface area contributed by atoms with Gasteiger partial charge in [0.05, 0.1) is 5.56 Å². The molecule has 3 rings (SSSR count). The summed E-state index contributed by atoms with van der Waals surface area (Å²) in [5.74, 6) is -2.80. The molecule has 1 heterocycles. The Morgan fingerprint density at radius 1 is 1.11 bits per heavy atom. The first kappa shape index (κ1) is 29.5. The van der Waals surface area contributed by atoms with Crippen molar-refractivity contribution in [2.45, 2.75) is 51.4 Å². The van der Waals surface area contributed by atoms with Crippen LogP contribution in [0.5, 0.6) is 5.75 Å². The van der Waals surface area contributed by atoms with Crippen LogP contribution >= 0.6 is 27.7 Å². The molecule has 0 saturated carbocycles. The molecule has 204 valence electrons. The number of halogens is 1. The van der Waals surface area contributed by atoms with Crippen LogP contribution in [0.1, 0.15) is 41.8 Å². The number of thioether (sulfide) groups is 1. The minimum absolute atomic E-state index is 0.00852. The second kappa shape index (κ2) is 13.1. The third kappa shape index (κ3) is 7.08. The van der Waals surface area contributed by atoms with Crippen LogP contribution in [-0.4, -0.2) is 68.9 Å². The number of benzene rings is 2. The Morgan fingerprint density at radius 3 is 2.42 bits per heavy atom. The lowest BCUT2D eigenvalue weighted by molar-refractivity contribution is -0.146. The molecule has 9 nitrogen and oxygen atoms in total. The first-order valence-corrected chi connectivity index (χ1v) is 14.4. The number of phenolic OH excluding ortho intramolecular Hbond substituents is 1. The van der Waals surface area contributed by atoms with Crippen molar-refractivity contribution in [1.82, 2.24) is 15.5 Å². The van der Waals surface area contributed by atoms with Gasteiger partial charge in [0.15, 0.2) is 0 Å². The first-order valence-electron chi connectivity index (χ1n) is 12.2. The van der Waals surface area contributed by atoms with Crippen molar-refractivity contribution in [2.24, 2.45) is 5.92 Å². The zero-order valence-electron chi connectivity index (χ0n) is 21.4. The van der Waals surface area contributed by atoms with E-state index in [0.29, 0.717) is 10.2 Å². The van der Waals surface area contributed by atoms with Gasteiger partial charge in [0.1, 0.15) is 23.9 Å². The normalized spacial score (nSPS) is 16.3. The molecule has 0 unspecified atom stereocenters. The molecule has 38 heavy (non-hydrogen) atoms. The molecule has 3 amide bonds. The molecule has 11 heteroatoms. The van der Waals surface area contributed by atoms with Crippen molar-refractivity contribution in [3.63, 3.8) is 0 Å². The number of hydrogen-bond donors (Lipinski definition) is 4. The van der Waals surface area contributed by atoms with Crippen LogP contribution in [0.2, 0.25) is 0 Å². The molecule has 0 bridgehead atoms. The third-order valence-electron chi connectivity index (χ3n) is 6.48. The number of aliphatic carboxylic acids is 1. The van der Waals surface area contributed by atoms with Gasteiger partial charge in [-0.25, -0.2) is 4.79 Å². The first-order chi connectivity index (χ1) is 18.0. The van der Waals surface area contributed by atoms with E-state index in [2.05, 4.69) is 26.6 Å². The molecule has 2 aromatic rings. The van der Waals surface area contributed by atoms with Gasteiger partial charge in [-0.3, -0.25) is 14.4 Å². The number of amides is 3. The summed E-state index contributed by atoms with van der Waals surface area (Å²) in [5.41, 5.74) is 1.78. The molecule has 1 aliphatic heterocycles. The number of carbonyl (C=O) groups excluding carboxylic acids is 3. The quantitative estimate of drug-likeness (QED) is 0.326. The lowest BCUT2D eigenvalue weighted by Gasteiger charge is -2.39. The fraction of sp³-hybridized carbons (Fsp3) is 0.407. The van der Waals surface area contributed by atoms with Crippen molar-refractivity contribution >= 4 is 51.4 Å². The van der Waals surface area contributed by atoms with Gasteiger partial charge in [-0.15, -0.1) is 0 Å². The molecule has 0 aromatic heterocycles. The molecule has 1 aliphatic rings. The lowest BCUT2D eigenvalue weighted by Crippen LogP contribution is -2.60. The van der Waals surface area contributed by atoms with E-state index in [0.717, 1.165) is 11.1 Å². The Labute approximate surface area is 234 Å². The molecule has 3 atom stereocenters. The van der Waals surface area contributed by atoms with E-state index in [-0.39, 0.29) is 36.6 Å². The maximum atomic E-state index is 13.9. The Bertz CT molecular complexity index is 1210. The average molecular weight is 607 g/mol. The predicted octanol–water partition coefficient (Wildman–Crippen LogP) is 3.19. The van der Waals surface area contributed by atoms with Crippen LogP contribution in [0.15, 0.2) is 46.9 Å². The molecule has 0 aliphatic carbocycles. The molecule has 0 fully saturated rings. The van der Waals surface area contributed by atoms with Gasteiger partial charge in [0.2, 0.25) is 11.8 Å². The summed E-state index contributed by atoms with van der Waals surface area (Å²) in [5, 5.41) is 25.1. The number of carboxylic acid groups (broad SMARTS) is 1. The van der Waals surface area contributed by atoms with Crippen LogP contribution < -0.4 is 10.6 Å². The highest BCUT2D eigenvalue weighted by Gasteiger charge is 2.40. The number of nitrogens with one attached hydrogen (secondary N) is 2. The third-order valence-corrected chi connectivity index (χ3v) is 7.62. The Kier molecular flexibility index (Phi) is 10.2. The largest absolute Gasteiger partial charge is 0.507 e. The predicted molar refractivity (Wildman–Crippen MR) is 149 cm³/mol. The van der Waals surface area contributed by atoms with Crippen molar-refractivity contribution in [3.05, 3.63) is 63.6 Å². The monoisotopic (exact) mass is 605 g/mol. The highest BCUT2D eigenvalue weighted by molar-refractivity contribution is 9.10. The standard InChI is InChI=1S/C27H32BrN3O6S/c1-15(2)23(30-24(33)19-13-18(28)8-9-22(19)32)26(35)31-14-17-7-5-4-6-16(17)12-21(31)25(34)29-20(27(36)37)10-11-38-3/h4-9,13,15,20-21,23,32H,10-12,14H2,1-3H3,(H,29,34)(H,30,33)(H,36,37)/t20-,21-,23-/m0/s1. The summed E-state index contributed by atoms with van der Waals surface area (Å²) in [7, 11) is 0. The van der Waals surface area contributed by atoms with Crippen molar-refractivity contribution in [1.29, 1.82) is 0 Å². The van der Waals surface area contributed by atoms with Gasteiger partial charge in [0.25, 0.3) is 5.91 Å². The highest BCUT2D eigenvalue weighted by Crippen LogP contribution is 2.26. The second-order valence-electron chi connectivity index (χ2n) is 9.49. The van der Waals surface area contributed by atoms with E-state index >= 15 is 0 Å². The molecule has 0 spiro atoms. The Hall–Kier alpha value is -3.05. The van der Waals surface area contributed by atoms with Crippen molar-refractivity contribution < 1.29 is 29.4 Å². The van der Waals surface area contributed by atoms with E-state index in [1.807, 2.05) is 30.5 Å². The van der Waals surface area contributed by atoms with Crippen molar-refractivity contribution in [2.75, 3.05) is 12.0 Å². The molecule has 4 N–H and O–H groups in total. The maximum absolute atomic E-state index is 13.9. The number of nitrogens with zero attached hydrogens (tertiary/aromatic N) is 1. The minimum Gasteiger partial charge on any atom is -0.507 e. The summed E-state index contributed by atoms with van der Waals surface area (Å²) in [6, 6.07) is 8.87. The number of rotatable bonds is 10. The summed E-state index contributed by atoms with van der Waals surface area (Å²) in [6.45, 7) is 3.69. The lowest BCUT2D eigenvalue weighted by atomic mass is 9.91. The van der Waals surface area contributed by atoms with Crippen LogP contribution in [0.25, 0.3) is 0 Å². The molecule has 2 aromatic carbocycles. The number of phenols is 1. The molecule has 0 radical (unpaired) electrons. The topological polar surface area (TPSA) is 136 Å². The number of fused-ring (bicyclic) bond motifs is 1. The van der Waals surface area contributed by atoms with E-state index in [4.69, 9.17) is 0 Å². The Balaban J connectivity index is 1.90. The van der Waals surface area contributed by atoms with E-state index in [9.17, 15) is 29.4 Å². The second-order valence-corrected chi connectivity index (χ2v) is 11.4. The number of carbonyl (C=O) groups is 4. The smallest absolute Gasteiger partial charge is 0.326 e. The molecule has 0 saturated heterocycles. The summed E-state index contributed by atoms with van der Waals surface area (Å²) in [6.07, 6.45) is 2.32. The van der Waals surface area contributed by atoms with Gasteiger partial charge in [-0.2, -0.15) is 11.8 Å².